The third-order valence-electron chi connectivity index (χ3n) is 9.48. The van der Waals surface area contributed by atoms with E-state index < -0.39 is 36.4 Å². The molecule has 2 aromatic heterocycles. The summed E-state index contributed by atoms with van der Waals surface area (Å²) in [6, 6.07) is 22.1. The van der Waals surface area contributed by atoms with Gasteiger partial charge in [0.1, 0.15) is 12.1 Å². The molecule has 0 N–H and O–H groups in total. The van der Waals surface area contributed by atoms with Gasteiger partial charge >= 0.3 is 12.4 Å². The molecule has 0 saturated carbocycles. The first-order valence-corrected chi connectivity index (χ1v) is 19.1. The SMILES string of the molecule is N#Cc1cc(C2=NOC(c3cc(Cl)cc(Cl)c3)(C(F)(F)F)C2)ccc1-n1cc(Cl)cn1.N#Cc1cc(C2=NOC(c3cc(Cl)cc(Cl)c3)(C(F)(F)F)C2)ccc1-n1cccn1. The summed E-state index contributed by atoms with van der Waals surface area (Å²) in [6.45, 7) is 0. The number of nitrogens with zero attached hydrogens (tertiary/aromatic N) is 8. The monoisotopic (exact) mass is 934 g/mol. The Bertz CT molecular complexity index is 2780. The largest absolute Gasteiger partial charge is 0.435 e. The van der Waals surface area contributed by atoms with Crippen molar-refractivity contribution in [1.29, 1.82) is 10.5 Å². The maximum atomic E-state index is 14.1. The number of hydrogen-bond acceptors (Lipinski definition) is 8. The summed E-state index contributed by atoms with van der Waals surface area (Å²) >= 11 is 29.5. The van der Waals surface area contributed by atoms with Crippen LogP contribution in [0.1, 0.15) is 46.2 Å². The minimum atomic E-state index is -4.81. The van der Waals surface area contributed by atoms with Gasteiger partial charge in [-0.2, -0.15) is 47.1 Å². The molecule has 0 aliphatic carbocycles. The minimum Gasteiger partial charge on any atom is -0.374 e. The van der Waals surface area contributed by atoms with Crippen molar-refractivity contribution in [3.63, 3.8) is 0 Å². The van der Waals surface area contributed by atoms with E-state index in [1.54, 1.807) is 36.7 Å². The molecular formula is C40H21Cl5F6N8O2. The molecule has 0 amide bonds. The predicted octanol–water partition coefficient (Wildman–Crippen LogP) is 11.9. The van der Waals surface area contributed by atoms with E-state index >= 15 is 0 Å². The number of alkyl halides is 6. The molecule has 4 heterocycles. The number of halogens is 11. The molecule has 310 valence electrons. The van der Waals surface area contributed by atoms with E-state index in [0.29, 0.717) is 27.5 Å². The lowest BCUT2D eigenvalue weighted by Gasteiger charge is -2.29. The van der Waals surface area contributed by atoms with Crippen molar-refractivity contribution >= 4 is 69.4 Å². The summed E-state index contributed by atoms with van der Waals surface area (Å²) in [5.41, 5.74) is -3.97. The topological polar surface area (TPSA) is 126 Å². The van der Waals surface area contributed by atoms with Crippen LogP contribution in [-0.2, 0) is 20.9 Å². The lowest BCUT2D eigenvalue weighted by molar-refractivity contribution is -0.276. The quantitative estimate of drug-likeness (QED) is 0.153. The maximum Gasteiger partial charge on any atom is 0.435 e. The zero-order valence-electron chi connectivity index (χ0n) is 30.3. The summed E-state index contributed by atoms with van der Waals surface area (Å²) in [6.07, 6.45) is -4.70. The fraction of sp³-hybridized carbons (Fsp3) is 0.150. The van der Waals surface area contributed by atoms with E-state index in [2.05, 4.69) is 20.5 Å². The second kappa shape index (κ2) is 16.6. The number of aromatic nitrogens is 4. The van der Waals surface area contributed by atoms with Crippen LogP contribution in [0.15, 0.2) is 114 Å². The Kier molecular flexibility index (Phi) is 11.8. The standard InChI is InChI=1S/C20H10Cl3F3N4O.C20H11Cl2F3N4O/c21-14-4-13(5-15(22)6-14)19(20(24,25)26)7-17(29-31-19)11-1-2-18(12(3-11)8-27)30-10-16(23)9-28-30;21-15-7-14(8-16(22)9-15)19(20(23,24)25)10-17(28-30-19)12-2-3-18(13(6-12)11-26)29-5-1-4-27-29/h1-6,9-10H,7H2;1-9H,10H2. The van der Waals surface area contributed by atoms with Crippen LogP contribution in [0.25, 0.3) is 11.4 Å². The van der Waals surface area contributed by atoms with Gasteiger partial charge in [0.2, 0.25) is 0 Å². The highest BCUT2D eigenvalue weighted by Crippen LogP contribution is 2.51. The molecule has 0 bridgehead atoms. The number of hydrogen-bond donors (Lipinski definition) is 0. The van der Waals surface area contributed by atoms with Gasteiger partial charge in [-0.05, 0) is 66.7 Å². The van der Waals surface area contributed by atoms with Crippen molar-refractivity contribution in [1.82, 2.24) is 19.6 Å². The Morgan fingerprint density at radius 1 is 0.590 bits per heavy atom. The summed E-state index contributed by atoms with van der Waals surface area (Å²) in [5, 5.41) is 35.1. The number of rotatable bonds is 6. The minimum absolute atomic E-state index is 0.0231. The molecular weight excluding hydrogens is 916 g/mol. The lowest BCUT2D eigenvalue weighted by atomic mass is 9.86. The van der Waals surface area contributed by atoms with Crippen LogP contribution in [0.4, 0.5) is 26.3 Å². The Balaban J connectivity index is 0.000000184. The van der Waals surface area contributed by atoms with Crippen LogP contribution >= 0.6 is 58.0 Å². The first-order chi connectivity index (χ1) is 28.9. The molecule has 21 heteroatoms. The van der Waals surface area contributed by atoms with Crippen molar-refractivity contribution in [2.75, 3.05) is 0 Å². The van der Waals surface area contributed by atoms with Gasteiger partial charge in [0.05, 0.1) is 45.1 Å². The van der Waals surface area contributed by atoms with E-state index in [0.717, 1.165) is 24.3 Å². The highest BCUT2D eigenvalue weighted by atomic mass is 35.5. The summed E-state index contributed by atoms with van der Waals surface area (Å²) in [7, 11) is 0. The third-order valence-corrected chi connectivity index (χ3v) is 10.5. The van der Waals surface area contributed by atoms with Gasteiger partial charge in [-0.1, -0.05) is 80.4 Å². The number of nitriles is 2. The molecule has 8 rings (SSSR count). The molecule has 0 saturated heterocycles. The fourth-order valence-electron chi connectivity index (χ4n) is 6.54. The molecule has 0 radical (unpaired) electrons. The normalized spacial score (nSPS) is 18.5. The van der Waals surface area contributed by atoms with Crippen molar-refractivity contribution < 1.29 is 36.0 Å². The molecule has 4 aromatic carbocycles. The highest BCUT2D eigenvalue weighted by Gasteiger charge is 2.63. The number of benzene rings is 4. The molecule has 0 spiro atoms. The van der Waals surface area contributed by atoms with E-state index in [4.69, 9.17) is 67.7 Å². The van der Waals surface area contributed by atoms with Gasteiger partial charge in [-0.15, -0.1) is 0 Å². The van der Waals surface area contributed by atoms with Crippen molar-refractivity contribution in [3.05, 3.63) is 162 Å². The van der Waals surface area contributed by atoms with Gasteiger partial charge in [0, 0.05) is 73.8 Å². The van der Waals surface area contributed by atoms with Crippen molar-refractivity contribution in [3.8, 4) is 23.5 Å². The summed E-state index contributed by atoms with van der Waals surface area (Å²) in [4.78, 5) is 9.98. The fourth-order valence-corrected chi connectivity index (χ4v) is 7.73. The molecule has 2 unspecified atom stereocenters. The highest BCUT2D eigenvalue weighted by molar-refractivity contribution is 6.35. The van der Waals surface area contributed by atoms with Gasteiger partial charge < -0.3 is 9.68 Å². The average molecular weight is 937 g/mol. The van der Waals surface area contributed by atoms with Crippen LogP contribution in [0.3, 0.4) is 0 Å². The Morgan fingerprint density at radius 2 is 1.03 bits per heavy atom. The lowest BCUT2D eigenvalue weighted by Crippen LogP contribution is -2.42. The van der Waals surface area contributed by atoms with E-state index in [1.807, 2.05) is 12.1 Å². The van der Waals surface area contributed by atoms with Crippen molar-refractivity contribution in [2.24, 2.45) is 10.3 Å². The van der Waals surface area contributed by atoms with Crippen molar-refractivity contribution in [2.45, 2.75) is 36.4 Å². The Morgan fingerprint density at radius 3 is 1.39 bits per heavy atom. The molecule has 61 heavy (non-hydrogen) atoms. The zero-order valence-corrected chi connectivity index (χ0v) is 34.1. The van der Waals surface area contributed by atoms with Crippen LogP contribution in [-0.4, -0.2) is 43.3 Å². The smallest absolute Gasteiger partial charge is 0.374 e. The molecule has 0 fully saturated rings. The first kappa shape index (κ1) is 43.3. The maximum absolute atomic E-state index is 14.1. The van der Waals surface area contributed by atoms with Crippen LogP contribution in [0.5, 0.6) is 0 Å². The second-order valence-electron chi connectivity index (χ2n) is 13.3. The summed E-state index contributed by atoms with van der Waals surface area (Å²) in [5.74, 6) is 0. The molecule has 10 nitrogen and oxygen atoms in total. The Hall–Kier alpha value is -5.75. The van der Waals surface area contributed by atoms with Crippen LogP contribution < -0.4 is 0 Å². The van der Waals surface area contributed by atoms with Crippen LogP contribution in [0, 0.1) is 22.7 Å². The predicted molar refractivity (Wildman–Crippen MR) is 214 cm³/mol. The average Bonchev–Trinajstić information content (AvgIpc) is 4.04. The number of oxime groups is 2. The first-order valence-electron chi connectivity index (χ1n) is 17.2. The van der Waals surface area contributed by atoms with Crippen LogP contribution in [0.2, 0.25) is 25.1 Å². The van der Waals surface area contributed by atoms with E-state index in [9.17, 15) is 36.9 Å². The van der Waals surface area contributed by atoms with Gasteiger partial charge in [-0.25, -0.2) is 9.36 Å². The molecule has 2 atom stereocenters. The van der Waals surface area contributed by atoms with Gasteiger partial charge in [0.15, 0.2) is 0 Å². The van der Waals surface area contributed by atoms with Gasteiger partial charge in [-0.3, -0.25) is 0 Å². The van der Waals surface area contributed by atoms with E-state index in [1.165, 1.54) is 52.1 Å². The van der Waals surface area contributed by atoms with E-state index in [-0.39, 0.29) is 53.8 Å². The zero-order chi connectivity index (χ0) is 43.9. The molecule has 2 aliphatic heterocycles. The second-order valence-corrected chi connectivity index (χ2v) is 15.5. The Labute approximate surface area is 366 Å². The van der Waals surface area contributed by atoms with Gasteiger partial charge in [0.25, 0.3) is 11.2 Å². The molecule has 6 aromatic rings. The molecule has 2 aliphatic rings. The third kappa shape index (κ3) is 8.47. The summed E-state index contributed by atoms with van der Waals surface area (Å²) < 4.78 is 87.6.